The van der Waals surface area contributed by atoms with Gasteiger partial charge in [0, 0.05) is 26.5 Å². The Balaban J connectivity index is 1.70. The summed E-state index contributed by atoms with van der Waals surface area (Å²) in [5, 5.41) is 0. The Labute approximate surface area is 132 Å². The van der Waals surface area contributed by atoms with Gasteiger partial charge in [-0.15, -0.1) is 0 Å². The Hall–Kier alpha value is 0.230. The van der Waals surface area contributed by atoms with Crippen LogP contribution in [0.15, 0.2) is 22.7 Å². The minimum atomic E-state index is 0.652. The molecule has 1 aliphatic heterocycles. The molecule has 0 unspecified atom stereocenters. The fraction of sp³-hybridized carbons (Fsp3) is 0.600. The number of hydrogen-bond donors (Lipinski definition) is 0. The highest BCUT2D eigenvalue weighted by Crippen LogP contribution is 2.46. The first-order valence-corrected chi connectivity index (χ1v) is 8.76. The maximum Gasteiger partial charge on any atom is 0.0511 e. The van der Waals surface area contributed by atoms with Gasteiger partial charge in [0.05, 0.1) is 5.69 Å². The lowest BCUT2D eigenvalue weighted by molar-refractivity contribution is 0.180. The Bertz CT molecular complexity index is 430. The summed E-state index contributed by atoms with van der Waals surface area (Å²) in [4.78, 5) is 2.55. The van der Waals surface area contributed by atoms with Crippen LogP contribution in [0.4, 0.5) is 5.69 Å². The third-order valence-corrected chi connectivity index (χ3v) is 5.77. The summed E-state index contributed by atoms with van der Waals surface area (Å²) in [5.74, 6) is 0. The zero-order valence-electron chi connectivity index (χ0n) is 10.6. The summed E-state index contributed by atoms with van der Waals surface area (Å²) < 4.78 is 2.55. The monoisotopic (exact) mass is 419 g/mol. The zero-order chi connectivity index (χ0) is 12.6. The molecule has 3 heteroatoms. The van der Waals surface area contributed by atoms with Crippen LogP contribution in [0.5, 0.6) is 0 Å². The molecule has 1 aromatic carbocycles. The minimum absolute atomic E-state index is 0.652. The van der Waals surface area contributed by atoms with E-state index in [0.717, 1.165) is 0 Å². The molecule has 1 saturated heterocycles. The molecule has 98 valence electrons. The smallest absolute Gasteiger partial charge is 0.0511 e. The van der Waals surface area contributed by atoms with Crippen LogP contribution in [0.25, 0.3) is 0 Å². The van der Waals surface area contributed by atoms with E-state index >= 15 is 0 Å². The van der Waals surface area contributed by atoms with E-state index in [1.54, 1.807) is 0 Å². The van der Waals surface area contributed by atoms with Crippen LogP contribution in [0.3, 0.4) is 0 Å². The minimum Gasteiger partial charge on any atom is -0.369 e. The maximum atomic E-state index is 3.70. The molecule has 1 aromatic rings. The molecule has 2 fully saturated rings. The van der Waals surface area contributed by atoms with Crippen molar-refractivity contribution in [2.45, 2.75) is 38.5 Å². The average molecular weight is 420 g/mol. The molecule has 1 nitrogen and oxygen atoms in total. The summed E-state index contributed by atoms with van der Waals surface area (Å²) in [7, 11) is 0. The van der Waals surface area contributed by atoms with E-state index in [4.69, 9.17) is 0 Å². The van der Waals surface area contributed by atoms with Crippen LogP contribution in [0, 0.1) is 8.99 Å². The Kier molecular flexibility index (Phi) is 3.90. The van der Waals surface area contributed by atoms with Crippen LogP contribution in [0.2, 0.25) is 0 Å². The van der Waals surface area contributed by atoms with E-state index in [-0.39, 0.29) is 0 Å². The normalized spacial score (nSPS) is 22.7. The topological polar surface area (TPSA) is 3.24 Å². The van der Waals surface area contributed by atoms with E-state index in [1.165, 1.54) is 65.3 Å². The van der Waals surface area contributed by atoms with Crippen molar-refractivity contribution in [2.24, 2.45) is 5.41 Å². The van der Waals surface area contributed by atoms with Gasteiger partial charge in [-0.3, -0.25) is 0 Å². The molecular weight excluding hydrogens is 401 g/mol. The number of halogens is 2. The number of hydrogen-bond acceptors (Lipinski definition) is 1. The number of nitrogens with zero attached hydrogens (tertiary/aromatic N) is 1. The van der Waals surface area contributed by atoms with Gasteiger partial charge in [-0.1, -0.05) is 25.7 Å². The van der Waals surface area contributed by atoms with Gasteiger partial charge >= 0.3 is 0 Å². The van der Waals surface area contributed by atoms with Crippen molar-refractivity contribution in [1.82, 2.24) is 0 Å². The maximum absolute atomic E-state index is 3.70. The molecule has 1 heterocycles. The predicted molar refractivity (Wildman–Crippen MR) is 89.2 cm³/mol. The third-order valence-electron chi connectivity index (χ3n) is 4.47. The third kappa shape index (κ3) is 2.58. The van der Waals surface area contributed by atoms with E-state index in [2.05, 4.69) is 61.6 Å². The summed E-state index contributed by atoms with van der Waals surface area (Å²) in [5.41, 5.74) is 2.03. The molecule has 0 bridgehead atoms. The van der Waals surface area contributed by atoms with E-state index in [1.807, 2.05) is 0 Å². The predicted octanol–water partition coefficient (Wildman–Crippen LogP) is 5.21. The molecule has 1 spiro atoms. The van der Waals surface area contributed by atoms with Crippen molar-refractivity contribution in [1.29, 1.82) is 0 Å². The van der Waals surface area contributed by atoms with E-state index in [0.29, 0.717) is 5.41 Å². The highest BCUT2D eigenvalue weighted by Gasteiger charge is 2.42. The molecule has 2 aliphatic rings. The average Bonchev–Trinajstić information content (AvgIpc) is 2.53. The van der Waals surface area contributed by atoms with Crippen molar-refractivity contribution in [3.63, 3.8) is 0 Å². The quantitative estimate of drug-likeness (QED) is 0.564. The SMILES string of the molecule is Brc1cc(I)ccc1N1CC2(CCCCCC2)C1. The summed E-state index contributed by atoms with van der Waals surface area (Å²) in [6.07, 6.45) is 8.70. The first kappa shape index (κ1) is 13.2. The molecule has 1 aliphatic carbocycles. The van der Waals surface area contributed by atoms with Gasteiger partial charge in [0.25, 0.3) is 0 Å². The zero-order valence-corrected chi connectivity index (χ0v) is 14.3. The second-order valence-electron chi connectivity index (χ2n) is 5.87. The second kappa shape index (κ2) is 5.31. The van der Waals surface area contributed by atoms with Gasteiger partial charge in [-0.2, -0.15) is 0 Å². The molecule has 0 radical (unpaired) electrons. The molecule has 0 amide bonds. The van der Waals surface area contributed by atoms with Gasteiger partial charge < -0.3 is 4.90 Å². The molecule has 3 rings (SSSR count). The molecule has 0 aromatic heterocycles. The highest BCUT2D eigenvalue weighted by atomic mass is 127. The summed E-state index contributed by atoms with van der Waals surface area (Å²) >= 11 is 6.07. The fourth-order valence-electron chi connectivity index (χ4n) is 3.47. The van der Waals surface area contributed by atoms with Crippen molar-refractivity contribution in [3.05, 3.63) is 26.2 Å². The Morgan fingerprint density at radius 3 is 2.33 bits per heavy atom. The lowest BCUT2D eigenvalue weighted by atomic mass is 9.73. The molecule has 18 heavy (non-hydrogen) atoms. The number of benzene rings is 1. The molecule has 0 N–H and O–H groups in total. The fourth-order valence-corrected chi connectivity index (χ4v) is 5.02. The standard InChI is InChI=1S/C15H19BrIN/c16-13-9-12(17)5-6-14(13)18-10-15(11-18)7-3-1-2-4-8-15/h5-6,9H,1-4,7-8,10-11H2. The second-order valence-corrected chi connectivity index (χ2v) is 7.97. The number of rotatable bonds is 1. The first-order chi connectivity index (χ1) is 8.69. The van der Waals surface area contributed by atoms with Crippen LogP contribution in [-0.4, -0.2) is 13.1 Å². The van der Waals surface area contributed by atoms with Crippen LogP contribution in [-0.2, 0) is 0 Å². The van der Waals surface area contributed by atoms with E-state index < -0.39 is 0 Å². The van der Waals surface area contributed by atoms with Crippen molar-refractivity contribution in [2.75, 3.05) is 18.0 Å². The van der Waals surface area contributed by atoms with Gasteiger partial charge in [-0.05, 0) is 69.6 Å². The van der Waals surface area contributed by atoms with Crippen LogP contribution < -0.4 is 4.90 Å². The van der Waals surface area contributed by atoms with Gasteiger partial charge in [0.15, 0.2) is 0 Å². The van der Waals surface area contributed by atoms with E-state index in [9.17, 15) is 0 Å². The summed E-state index contributed by atoms with van der Waals surface area (Å²) in [6, 6.07) is 6.68. The lowest BCUT2D eigenvalue weighted by Gasteiger charge is -2.52. The number of anilines is 1. The Morgan fingerprint density at radius 1 is 1.06 bits per heavy atom. The van der Waals surface area contributed by atoms with Crippen LogP contribution >= 0.6 is 38.5 Å². The molecule has 0 atom stereocenters. The first-order valence-electron chi connectivity index (χ1n) is 6.89. The molecular formula is C15H19BrIN. The highest BCUT2D eigenvalue weighted by molar-refractivity contribution is 14.1. The Morgan fingerprint density at radius 2 is 1.72 bits per heavy atom. The van der Waals surface area contributed by atoms with Crippen molar-refractivity contribution < 1.29 is 0 Å². The summed E-state index contributed by atoms with van der Waals surface area (Å²) in [6.45, 7) is 2.54. The lowest BCUT2D eigenvalue weighted by Crippen LogP contribution is -2.56. The largest absolute Gasteiger partial charge is 0.369 e. The molecule has 1 saturated carbocycles. The van der Waals surface area contributed by atoms with Gasteiger partial charge in [0.1, 0.15) is 0 Å². The van der Waals surface area contributed by atoms with Crippen LogP contribution in [0.1, 0.15) is 38.5 Å². The van der Waals surface area contributed by atoms with Gasteiger partial charge in [-0.25, -0.2) is 0 Å². The van der Waals surface area contributed by atoms with Gasteiger partial charge in [0.2, 0.25) is 0 Å². The van der Waals surface area contributed by atoms with Crippen molar-refractivity contribution >= 4 is 44.2 Å². The van der Waals surface area contributed by atoms with Crippen molar-refractivity contribution in [3.8, 4) is 0 Å².